The van der Waals surface area contributed by atoms with Crippen molar-refractivity contribution in [3.63, 3.8) is 0 Å². The number of nitroso groups, excluding NO2 is 1. The van der Waals surface area contributed by atoms with Crippen LogP contribution >= 0.6 is 0 Å². The Morgan fingerprint density at radius 3 is 2.45 bits per heavy atom. The number of hydrogen-bond acceptors (Lipinski definition) is 8. The van der Waals surface area contributed by atoms with E-state index in [0.29, 0.717) is 0 Å². The minimum Gasteiger partial charge on any atom is -0.509 e. The van der Waals surface area contributed by atoms with Gasteiger partial charge in [-0.1, -0.05) is 12.7 Å². The second-order valence-corrected chi connectivity index (χ2v) is 3.86. The zero-order valence-electron chi connectivity index (χ0n) is 11.8. The van der Waals surface area contributed by atoms with Crippen molar-refractivity contribution in [1.29, 1.82) is 0 Å². The summed E-state index contributed by atoms with van der Waals surface area (Å²) in [5, 5.41) is 30.3. The summed E-state index contributed by atoms with van der Waals surface area (Å²) in [6.07, 6.45) is 2.61. The van der Waals surface area contributed by atoms with Crippen LogP contribution < -0.4 is 11.5 Å². The fourth-order valence-corrected chi connectivity index (χ4v) is 1.11. The minimum atomic E-state index is -0.598. The molecule has 0 saturated heterocycles. The molecule has 1 aromatic carbocycles. The number of nitrogen functional groups attached to an aromatic ring is 1. The van der Waals surface area contributed by atoms with Crippen LogP contribution in [0.25, 0.3) is 0 Å². The summed E-state index contributed by atoms with van der Waals surface area (Å²) >= 11 is 0. The lowest BCUT2D eigenvalue weighted by molar-refractivity contribution is -0.384. The number of benzene rings is 1. The first-order chi connectivity index (χ1) is 10.2. The van der Waals surface area contributed by atoms with Crippen LogP contribution in [0.15, 0.2) is 59.3 Å². The van der Waals surface area contributed by atoms with E-state index in [2.05, 4.69) is 11.8 Å². The van der Waals surface area contributed by atoms with Crippen LogP contribution in [0.2, 0.25) is 0 Å². The van der Waals surface area contributed by atoms with E-state index < -0.39 is 4.92 Å². The molecule has 0 aliphatic rings. The monoisotopic (exact) mass is 308 g/mol. The number of aliphatic hydroxyl groups excluding tert-OH is 1. The van der Waals surface area contributed by atoms with E-state index in [1.165, 1.54) is 18.2 Å². The maximum Gasteiger partial charge on any atom is 0.273 e. The Morgan fingerprint density at radius 2 is 2.09 bits per heavy atom. The van der Waals surface area contributed by atoms with Crippen LogP contribution in [0.1, 0.15) is 6.92 Å². The number of hydrogen-bond donors (Lipinski definition) is 4. The van der Waals surface area contributed by atoms with Gasteiger partial charge in [0.25, 0.3) is 5.69 Å². The number of phenols is 1. The molecule has 6 N–H and O–H groups in total. The zero-order valence-corrected chi connectivity index (χ0v) is 11.8. The zero-order chi connectivity index (χ0) is 17.3. The first-order valence-electron chi connectivity index (χ1n) is 5.80. The Labute approximate surface area is 126 Å². The van der Waals surface area contributed by atoms with Crippen LogP contribution in [-0.2, 0) is 0 Å². The number of nitrogens with zero attached hydrogens (tertiary/aromatic N) is 2. The van der Waals surface area contributed by atoms with Crippen LogP contribution in [0.3, 0.4) is 0 Å². The maximum absolute atomic E-state index is 10.1. The summed E-state index contributed by atoms with van der Waals surface area (Å²) < 4.78 is 0. The maximum atomic E-state index is 10.1. The van der Waals surface area contributed by atoms with E-state index in [1.807, 2.05) is 0 Å². The van der Waals surface area contributed by atoms with Crippen LogP contribution in [0.5, 0.6) is 5.75 Å². The molecular weight excluding hydrogens is 292 g/mol. The highest BCUT2D eigenvalue weighted by Gasteiger charge is 2.06. The highest BCUT2D eigenvalue weighted by Crippen LogP contribution is 2.24. The standard InChI is InChI=1S/C7H10N2O2.C6H6N2O3/c1-3-6(8)7(9-11)4-5(2)10;7-5-2-1-4(8(10)11)3-6(5)9/h3-4,10H,2,8H2,1H3;1-3,9H,7H2/b6-3+,7-4+;. The largest absolute Gasteiger partial charge is 0.509 e. The fourth-order valence-electron chi connectivity index (χ4n) is 1.11. The molecule has 1 aromatic rings. The van der Waals surface area contributed by atoms with Crippen molar-refractivity contribution in [2.45, 2.75) is 6.92 Å². The molecule has 118 valence electrons. The van der Waals surface area contributed by atoms with Gasteiger partial charge in [-0.25, -0.2) is 0 Å². The van der Waals surface area contributed by atoms with Crippen LogP contribution in [0, 0.1) is 15.0 Å². The Hall–Kier alpha value is -3.36. The van der Waals surface area contributed by atoms with Crippen molar-refractivity contribution in [3.05, 3.63) is 69.1 Å². The van der Waals surface area contributed by atoms with Gasteiger partial charge in [0.15, 0.2) is 0 Å². The Bertz CT molecular complexity index is 637. The van der Waals surface area contributed by atoms with E-state index in [0.717, 1.165) is 12.1 Å². The number of phenolic OH excluding ortho intramolecular Hbond substituents is 1. The van der Waals surface area contributed by atoms with Crippen molar-refractivity contribution >= 4 is 11.4 Å². The molecule has 0 aliphatic heterocycles. The first kappa shape index (κ1) is 18.6. The second-order valence-electron chi connectivity index (χ2n) is 3.86. The molecule has 0 aliphatic carbocycles. The van der Waals surface area contributed by atoms with Gasteiger partial charge in [-0.15, -0.1) is 4.91 Å². The number of aliphatic hydroxyl groups is 1. The third-order valence-corrected chi connectivity index (χ3v) is 2.23. The molecule has 0 fully saturated rings. The lowest BCUT2D eigenvalue weighted by Crippen LogP contribution is -1.98. The lowest BCUT2D eigenvalue weighted by atomic mass is 10.3. The normalized spacial score (nSPS) is 11.1. The summed E-state index contributed by atoms with van der Waals surface area (Å²) in [4.78, 5) is 19.6. The number of nitro groups is 1. The second kappa shape index (κ2) is 8.74. The molecule has 0 saturated carbocycles. The molecule has 0 spiro atoms. The van der Waals surface area contributed by atoms with Gasteiger partial charge in [0.2, 0.25) is 0 Å². The van der Waals surface area contributed by atoms with E-state index in [1.54, 1.807) is 6.92 Å². The summed E-state index contributed by atoms with van der Waals surface area (Å²) in [6, 6.07) is 3.53. The van der Waals surface area contributed by atoms with Crippen molar-refractivity contribution < 1.29 is 15.1 Å². The van der Waals surface area contributed by atoms with Gasteiger partial charge in [0.1, 0.15) is 17.2 Å². The number of anilines is 1. The van der Waals surface area contributed by atoms with Crippen molar-refractivity contribution in [3.8, 4) is 5.75 Å². The smallest absolute Gasteiger partial charge is 0.273 e. The molecule has 1 rings (SSSR count). The Balaban J connectivity index is 0.000000401. The lowest BCUT2D eigenvalue weighted by Gasteiger charge is -1.95. The SMILES string of the molecule is C=C(O)/C=C(N=O)\C(N)=C/C.Nc1ccc([N+](=O)[O-])cc1O. The summed E-state index contributed by atoms with van der Waals surface area (Å²) in [6.45, 7) is 4.82. The molecule has 0 unspecified atom stereocenters. The topological polar surface area (TPSA) is 165 Å². The predicted octanol–water partition coefficient (Wildman–Crippen LogP) is 2.45. The van der Waals surface area contributed by atoms with Crippen molar-refractivity contribution in [1.82, 2.24) is 0 Å². The summed E-state index contributed by atoms with van der Waals surface area (Å²) in [5.74, 6) is -0.511. The molecule has 22 heavy (non-hydrogen) atoms. The van der Waals surface area contributed by atoms with Gasteiger partial charge >= 0.3 is 0 Å². The number of nitrogens with two attached hydrogens (primary N) is 2. The quantitative estimate of drug-likeness (QED) is 0.126. The molecule has 0 amide bonds. The van der Waals surface area contributed by atoms with E-state index in [4.69, 9.17) is 21.7 Å². The number of allylic oxidation sites excluding steroid dienone is 2. The van der Waals surface area contributed by atoms with Gasteiger partial charge in [-0.3, -0.25) is 10.1 Å². The molecule has 0 bridgehead atoms. The van der Waals surface area contributed by atoms with E-state index >= 15 is 0 Å². The Kier molecular flexibility index (Phi) is 7.41. The number of nitro benzene ring substituents is 1. The molecule has 0 radical (unpaired) electrons. The molecule has 0 atom stereocenters. The van der Waals surface area contributed by atoms with Gasteiger partial charge in [-0.2, -0.15) is 0 Å². The molecule has 0 heterocycles. The van der Waals surface area contributed by atoms with Crippen molar-refractivity contribution in [2.75, 3.05) is 5.73 Å². The average molecular weight is 308 g/mol. The number of non-ortho nitro benzene ring substituents is 1. The number of rotatable bonds is 4. The Morgan fingerprint density at radius 1 is 1.50 bits per heavy atom. The van der Waals surface area contributed by atoms with Gasteiger partial charge in [0, 0.05) is 12.1 Å². The highest BCUT2D eigenvalue weighted by atomic mass is 16.6. The molecule has 0 aromatic heterocycles. The average Bonchev–Trinajstić information content (AvgIpc) is 2.47. The number of aromatic hydroxyl groups is 1. The third kappa shape index (κ3) is 6.19. The summed E-state index contributed by atoms with van der Waals surface area (Å²) in [7, 11) is 0. The predicted molar refractivity (Wildman–Crippen MR) is 82.8 cm³/mol. The van der Waals surface area contributed by atoms with Crippen molar-refractivity contribution in [2.24, 2.45) is 10.9 Å². The first-order valence-corrected chi connectivity index (χ1v) is 5.80. The van der Waals surface area contributed by atoms with E-state index in [9.17, 15) is 15.0 Å². The van der Waals surface area contributed by atoms with Crippen LogP contribution in [0.4, 0.5) is 11.4 Å². The van der Waals surface area contributed by atoms with Crippen LogP contribution in [-0.4, -0.2) is 15.1 Å². The molecular formula is C13H16N4O5. The molecule has 9 heteroatoms. The summed E-state index contributed by atoms with van der Waals surface area (Å²) in [5.41, 5.74) is 10.7. The van der Waals surface area contributed by atoms with Gasteiger partial charge in [0.05, 0.1) is 22.4 Å². The van der Waals surface area contributed by atoms with Gasteiger partial charge < -0.3 is 21.7 Å². The highest BCUT2D eigenvalue weighted by molar-refractivity contribution is 5.56. The van der Waals surface area contributed by atoms with E-state index in [-0.39, 0.29) is 34.3 Å². The minimum absolute atomic E-state index is 0.0139. The fraction of sp³-hybridized carbons (Fsp3) is 0.0769. The molecule has 9 nitrogen and oxygen atoms in total. The van der Waals surface area contributed by atoms with Gasteiger partial charge in [-0.05, 0) is 18.2 Å². The third-order valence-electron chi connectivity index (χ3n) is 2.23.